The van der Waals surface area contributed by atoms with Gasteiger partial charge in [0, 0.05) is 20.1 Å². The maximum Gasteiger partial charge on any atom is 0.235 e. The molecular formula is C8H19N3O3S. The van der Waals surface area contributed by atoms with E-state index in [0.717, 1.165) is 10.7 Å². The maximum absolute atomic E-state index is 11.4. The third kappa shape index (κ3) is 5.71. The van der Waals surface area contributed by atoms with Crippen molar-refractivity contribution in [2.45, 2.75) is 13.3 Å². The van der Waals surface area contributed by atoms with E-state index in [1.807, 2.05) is 6.92 Å². The lowest BCUT2D eigenvalue weighted by Gasteiger charge is -2.15. The number of nitrogens with one attached hydrogen (secondary N) is 1. The minimum absolute atomic E-state index is 0.0588. The average Bonchev–Trinajstić information content (AvgIpc) is 2.14. The first-order valence-electron chi connectivity index (χ1n) is 4.84. The molecule has 90 valence electrons. The SMILES string of the molecule is CCCNC(=O)CN(C)S(=O)(=O)CCN. The van der Waals surface area contributed by atoms with E-state index in [-0.39, 0.29) is 24.7 Å². The zero-order chi connectivity index (χ0) is 11.9. The van der Waals surface area contributed by atoms with E-state index >= 15 is 0 Å². The zero-order valence-electron chi connectivity index (χ0n) is 9.19. The Bertz CT molecular complexity index is 290. The number of carbonyl (C=O) groups is 1. The number of sulfonamides is 1. The fourth-order valence-electron chi connectivity index (χ4n) is 0.926. The second-order valence-corrected chi connectivity index (χ2v) is 5.41. The van der Waals surface area contributed by atoms with Crippen LogP contribution in [0, 0.1) is 0 Å². The van der Waals surface area contributed by atoms with E-state index in [0.29, 0.717) is 6.54 Å². The number of hydrogen-bond donors (Lipinski definition) is 2. The van der Waals surface area contributed by atoms with Crippen molar-refractivity contribution >= 4 is 15.9 Å². The highest BCUT2D eigenvalue weighted by atomic mass is 32.2. The number of hydrogen-bond acceptors (Lipinski definition) is 4. The van der Waals surface area contributed by atoms with Gasteiger partial charge in [-0.15, -0.1) is 0 Å². The minimum Gasteiger partial charge on any atom is -0.355 e. The third-order valence-corrected chi connectivity index (χ3v) is 3.62. The lowest BCUT2D eigenvalue weighted by molar-refractivity contribution is -0.121. The van der Waals surface area contributed by atoms with Crippen molar-refractivity contribution < 1.29 is 13.2 Å². The van der Waals surface area contributed by atoms with Crippen LogP contribution in [-0.2, 0) is 14.8 Å². The largest absolute Gasteiger partial charge is 0.355 e. The molecule has 0 bridgehead atoms. The highest BCUT2D eigenvalue weighted by Gasteiger charge is 2.18. The molecule has 0 radical (unpaired) electrons. The minimum atomic E-state index is -3.38. The van der Waals surface area contributed by atoms with Crippen LogP contribution < -0.4 is 11.1 Å². The van der Waals surface area contributed by atoms with E-state index in [9.17, 15) is 13.2 Å². The van der Waals surface area contributed by atoms with Gasteiger partial charge in [-0.25, -0.2) is 8.42 Å². The predicted octanol–water partition coefficient (Wildman–Crippen LogP) is -1.27. The first kappa shape index (κ1) is 14.3. The van der Waals surface area contributed by atoms with Crippen LogP contribution in [0.3, 0.4) is 0 Å². The van der Waals surface area contributed by atoms with E-state index in [1.165, 1.54) is 7.05 Å². The summed E-state index contributed by atoms with van der Waals surface area (Å²) < 4.78 is 23.8. The van der Waals surface area contributed by atoms with Gasteiger partial charge < -0.3 is 11.1 Å². The molecule has 0 spiro atoms. The number of nitrogens with zero attached hydrogens (tertiary/aromatic N) is 1. The fourth-order valence-corrected chi connectivity index (χ4v) is 1.85. The third-order valence-electron chi connectivity index (χ3n) is 1.79. The highest BCUT2D eigenvalue weighted by molar-refractivity contribution is 7.89. The van der Waals surface area contributed by atoms with Crippen LogP contribution in [0.4, 0.5) is 0 Å². The topological polar surface area (TPSA) is 92.5 Å². The van der Waals surface area contributed by atoms with Crippen molar-refractivity contribution in [1.82, 2.24) is 9.62 Å². The molecule has 0 fully saturated rings. The van der Waals surface area contributed by atoms with Crippen molar-refractivity contribution in [1.29, 1.82) is 0 Å². The summed E-state index contributed by atoms with van der Waals surface area (Å²) in [6.45, 7) is 2.39. The van der Waals surface area contributed by atoms with Crippen LogP contribution >= 0.6 is 0 Å². The summed E-state index contributed by atoms with van der Waals surface area (Å²) in [6.07, 6.45) is 0.824. The van der Waals surface area contributed by atoms with Crippen molar-refractivity contribution in [2.75, 3.05) is 32.4 Å². The molecule has 3 N–H and O–H groups in total. The summed E-state index contributed by atoms with van der Waals surface area (Å²) in [7, 11) is -2.01. The van der Waals surface area contributed by atoms with Crippen LogP contribution in [0.15, 0.2) is 0 Å². The van der Waals surface area contributed by atoms with Crippen LogP contribution in [0.1, 0.15) is 13.3 Å². The molecule has 0 aromatic heterocycles. The normalized spacial score (nSPS) is 11.7. The Kier molecular flexibility index (Phi) is 6.46. The second-order valence-electron chi connectivity index (χ2n) is 3.21. The Morgan fingerprint density at radius 1 is 1.47 bits per heavy atom. The van der Waals surface area contributed by atoms with E-state index in [1.54, 1.807) is 0 Å². The molecule has 0 saturated carbocycles. The Labute approximate surface area is 90.9 Å². The lowest BCUT2D eigenvalue weighted by Crippen LogP contribution is -2.40. The van der Waals surface area contributed by atoms with E-state index < -0.39 is 10.0 Å². The summed E-state index contributed by atoms with van der Waals surface area (Å²) in [6, 6.07) is 0. The number of likely N-dealkylation sites (N-methyl/N-ethyl adjacent to an activating group) is 1. The van der Waals surface area contributed by atoms with Gasteiger partial charge in [0.2, 0.25) is 15.9 Å². The van der Waals surface area contributed by atoms with Crippen molar-refractivity contribution in [3.8, 4) is 0 Å². The monoisotopic (exact) mass is 237 g/mol. The molecule has 0 aliphatic heterocycles. The van der Waals surface area contributed by atoms with Gasteiger partial charge in [0.1, 0.15) is 0 Å². The van der Waals surface area contributed by atoms with Crippen LogP contribution in [-0.4, -0.2) is 51.1 Å². The standard InChI is InChI=1S/C8H19N3O3S/c1-3-5-10-8(12)7-11(2)15(13,14)6-4-9/h3-7,9H2,1-2H3,(H,10,12). The van der Waals surface area contributed by atoms with Crippen molar-refractivity contribution in [2.24, 2.45) is 5.73 Å². The summed E-state index contributed by atoms with van der Waals surface area (Å²) >= 11 is 0. The molecule has 1 amide bonds. The second kappa shape index (κ2) is 6.76. The summed E-state index contributed by atoms with van der Waals surface area (Å²) in [5.41, 5.74) is 5.16. The Morgan fingerprint density at radius 3 is 2.53 bits per heavy atom. The van der Waals surface area contributed by atoms with Gasteiger partial charge >= 0.3 is 0 Å². The van der Waals surface area contributed by atoms with E-state index in [4.69, 9.17) is 5.73 Å². The van der Waals surface area contributed by atoms with Crippen molar-refractivity contribution in [3.05, 3.63) is 0 Å². The molecule has 0 aromatic carbocycles. The number of rotatable bonds is 7. The Morgan fingerprint density at radius 2 is 2.07 bits per heavy atom. The zero-order valence-corrected chi connectivity index (χ0v) is 10.0. The first-order chi connectivity index (χ1) is 6.94. The summed E-state index contributed by atoms with van der Waals surface area (Å²) in [4.78, 5) is 11.2. The van der Waals surface area contributed by atoms with Crippen LogP contribution in [0.25, 0.3) is 0 Å². The number of amides is 1. The van der Waals surface area contributed by atoms with E-state index in [2.05, 4.69) is 5.32 Å². The van der Waals surface area contributed by atoms with Gasteiger partial charge in [-0.1, -0.05) is 6.92 Å². The molecule has 0 aliphatic rings. The van der Waals surface area contributed by atoms with Gasteiger partial charge in [-0.2, -0.15) is 4.31 Å². The molecule has 0 aromatic rings. The first-order valence-corrected chi connectivity index (χ1v) is 6.45. The molecular weight excluding hydrogens is 218 g/mol. The van der Waals surface area contributed by atoms with Gasteiger partial charge in [0.15, 0.2) is 0 Å². The molecule has 0 unspecified atom stereocenters. The Hall–Kier alpha value is -0.660. The van der Waals surface area contributed by atoms with Gasteiger partial charge in [-0.3, -0.25) is 4.79 Å². The molecule has 0 atom stereocenters. The molecule has 6 nitrogen and oxygen atoms in total. The summed E-state index contributed by atoms with van der Waals surface area (Å²) in [5.74, 6) is -0.426. The molecule has 0 aliphatic carbocycles. The number of nitrogens with two attached hydrogens (primary N) is 1. The molecule has 7 heteroatoms. The highest BCUT2D eigenvalue weighted by Crippen LogP contribution is 1.96. The van der Waals surface area contributed by atoms with Crippen molar-refractivity contribution in [3.63, 3.8) is 0 Å². The van der Waals surface area contributed by atoms with Crippen LogP contribution in [0.5, 0.6) is 0 Å². The number of carbonyl (C=O) groups excluding carboxylic acids is 1. The summed E-state index contributed by atoms with van der Waals surface area (Å²) in [5, 5.41) is 2.60. The maximum atomic E-state index is 11.4. The van der Waals surface area contributed by atoms with Crippen LogP contribution in [0.2, 0.25) is 0 Å². The quantitative estimate of drug-likeness (QED) is 0.577. The van der Waals surface area contributed by atoms with Gasteiger partial charge in [0.25, 0.3) is 0 Å². The van der Waals surface area contributed by atoms with Gasteiger partial charge in [0.05, 0.1) is 12.3 Å². The fraction of sp³-hybridized carbons (Fsp3) is 0.875. The molecule has 0 rings (SSSR count). The van der Waals surface area contributed by atoms with Gasteiger partial charge in [-0.05, 0) is 6.42 Å². The molecule has 0 heterocycles. The predicted molar refractivity (Wildman–Crippen MR) is 58.8 cm³/mol. The smallest absolute Gasteiger partial charge is 0.235 e. The molecule has 15 heavy (non-hydrogen) atoms. The molecule has 0 saturated heterocycles. The lowest BCUT2D eigenvalue weighted by atomic mass is 10.4. The Balaban J connectivity index is 4.12. The average molecular weight is 237 g/mol.